The Morgan fingerprint density at radius 1 is 0.837 bits per heavy atom. The van der Waals surface area contributed by atoms with Crippen LogP contribution in [-0.4, -0.2) is 35.0 Å². The first kappa shape index (κ1) is 29.7. The molecule has 0 spiro atoms. The molecule has 0 heterocycles. The van der Waals surface area contributed by atoms with Crippen LogP contribution < -0.4 is 10.9 Å². The molecule has 4 aliphatic rings. The Morgan fingerprint density at radius 2 is 1.47 bits per heavy atom. The maximum atomic E-state index is 12.8. The van der Waals surface area contributed by atoms with Crippen molar-refractivity contribution < 1.29 is 14.7 Å². The summed E-state index contributed by atoms with van der Waals surface area (Å²) in [7, 11) is 0. The van der Waals surface area contributed by atoms with E-state index in [2.05, 4.69) is 29.8 Å². The topological polar surface area (TPSA) is 103 Å². The molecule has 0 aromatic heterocycles. The zero-order valence-corrected chi connectivity index (χ0v) is 25.5. The van der Waals surface area contributed by atoms with Crippen molar-refractivity contribution in [1.29, 1.82) is 0 Å². The van der Waals surface area contributed by atoms with Crippen LogP contribution in [0.25, 0.3) is 0 Å². The quantitative estimate of drug-likeness (QED) is 0.289. The van der Waals surface area contributed by atoms with Gasteiger partial charge in [0.25, 0.3) is 0 Å². The van der Waals surface area contributed by atoms with Crippen LogP contribution in [0.15, 0.2) is 70.9 Å². The van der Waals surface area contributed by atoms with Crippen molar-refractivity contribution in [3.8, 4) is 0 Å². The molecule has 3 N–H and O–H groups in total. The van der Waals surface area contributed by atoms with Gasteiger partial charge in [-0.15, -0.1) is 0 Å². The van der Waals surface area contributed by atoms with Gasteiger partial charge in [-0.25, -0.2) is 10.9 Å². The third kappa shape index (κ3) is 6.06. The second-order valence-corrected chi connectivity index (χ2v) is 14.1. The SMILES string of the molecule is C[C@]12CC(C=NNC(=O)Cc3ccccc3)C(=NNC(=O)Cc3ccccc3)C[C@@H]1CC[C@@H]1[C@@H]2CC[C@]2(C)[C@@H](O)CC[C@@H]12. The minimum absolute atomic E-state index is 0.0541. The highest BCUT2D eigenvalue weighted by atomic mass is 16.3. The Bertz CT molecular complexity index is 1360. The Morgan fingerprint density at radius 3 is 2.14 bits per heavy atom. The van der Waals surface area contributed by atoms with Crippen LogP contribution in [0.2, 0.25) is 0 Å². The van der Waals surface area contributed by atoms with Gasteiger partial charge >= 0.3 is 0 Å². The van der Waals surface area contributed by atoms with Crippen molar-refractivity contribution >= 4 is 23.7 Å². The van der Waals surface area contributed by atoms with Crippen LogP contribution in [0, 0.1) is 40.4 Å². The summed E-state index contributed by atoms with van der Waals surface area (Å²) in [4.78, 5) is 25.4. The Balaban J connectivity index is 1.20. The van der Waals surface area contributed by atoms with Gasteiger partial charge in [-0.3, -0.25) is 9.59 Å². The molecule has 8 atom stereocenters. The summed E-state index contributed by atoms with van der Waals surface area (Å²) in [5, 5.41) is 20.0. The van der Waals surface area contributed by atoms with Gasteiger partial charge in [0.1, 0.15) is 0 Å². The average Bonchev–Trinajstić information content (AvgIpc) is 3.31. The molecule has 0 saturated heterocycles. The number of amides is 2. The second-order valence-electron chi connectivity index (χ2n) is 14.1. The molecule has 7 nitrogen and oxygen atoms in total. The molecule has 2 amide bonds. The van der Waals surface area contributed by atoms with E-state index in [0.29, 0.717) is 23.7 Å². The van der Waals surface area contributed by atoms with Crippen LogP contribution in [0.3, 0.4) is 0 Å². The monoisotopic (exact) mass is 582 g/mol. The number of hydrazone groups is 2. The van der Waals surface area contributed by atoms with E-state index in [1.165, 1.54) is 6.42 Å². The molecular weight excluding hydrogens is 536 g/mol. The summed E-state index contributed by atoms with van der Waals surface area (Å²) in [6.07, 6.45) is 10.6. The van der Waals surface area contributed by atoms with Crippen LogP contribution in [-0.2, 0) is 22.4 Å². The summed E-state index contributed by atoms with van der Waals surface area (Å²) in [6.45, 7) is 4.81. The number of benzene rings is 2. The lowest BCUT2D eigenvalue weighted by molar-refractivity contribution is -0.121. The highest BCUT2D eigenvalue weighted by molar-refractivity contribution is 6.00. The average molecular weight is 583 g/mol. The van der Waals surface area contributed by atoms with Gasteiger partial charge in [-0.2, -0.15) is 10.2 Å². The molecule has 2 aromatic rings. The van der Waals surface area contributed by atoms with Gasteiger partial charge in [-0.1, -0.05) is 74.5 Å². The smallest absolute Gasteiger partial charge is 0.244 e. The predicted octanol–water partition coefficient (Wildman–Crippen LogP) is 5.68. The van der Waals surface area contributed by atoms with Gasteiger partial charge < -0.3 is 5.11 Å². The zero-order valence-electron chi connectivity index (χ0n) is 25.5. The van der Waals surface area contributed by atoms with Crippen LogP contribution in [0.5, 0.6) is 0 Å². The lowest BCUT2D eigenvalue weighted by atomic mass is 9.44. The van der Waals surface area contributed by atoms with E-state index in [-0.39, 0.29) is 47.5 Å². The van der Waals surface area contributed by atoms with Crippen LogP contribution in [0.4, 0.5) is 0 Å². The van der Waals surface area contributed by atoms with Crippen molar-refractivity contribution in [3.05, 3.63) is 71.8 Å². The molecule has 2 aromatic carbocycles. The number of aliphatic hydroxyl groups excluding tert-OH is 1. The van der Waals surface area contributed by atoms with E-state index in [9.17, 15) is 14.7 Å². The lowest BCUT2D eigenvalue weighted by Gasteiger charge is -2.61. The fraction of sp³-hybridized carbons (Fsp3) is 0.556. The first-order valence-electron chi connectivity index (χ1n) is 16.2. The van der Waals surface area contributed by atoms with Crippen LogP contribution >= 0.6 is 0 Å². The highest BCUT2D eigenvalue weighted by Crippen LogP contribution is 2.66. The normalized spacial score (nSPS) is 36.0. The molecule has 6 rings (SSSR count). The minimum atomic E-state index is -0.173. The number of fused-ring (bicyclic) bond motifs is 5. The molecule has 4 aliphatic carbocycles. The van der Waals surface area contributed by atoms with Gasteiger partial charge in [0.2, 0.25) is 11.8 Å². The van der Waals surface area contributed by atoms with Gasteiger partial charge in [0.05, 0.1) is 18.9 Å². The molecule has 228 valence electrons. The molecule has 4 fully saturated rings. The van der Waals surface area contributed by atoms with E-state index in [4.69, 9.17) is 5.10 Å². The largest absolute Gasteiger partial charge is 0.393 e. The Kier molecular flexibility index (Phi) is 8.54. The zero-order chi connectivity index (χ0) is 30.0. The fourth-order valence-corrected chi connectivity index (χ4v) is 9.40. The minimum Gasteiger partial charge on any atom is -0.393 e. The second kappa shape index (κ2) is 12.4. The number of nitrogens with one attached hydrogen (secondary N) is 2. The van der Waals surface area contributed by atoms with Gasteiger partial charge in [0, 0.05) is 17.8 Å². The number of nitrogens with zero attached hydrogens (tertiary/aromatic N) is 2. The van der Waals surface area contributed by atoms with Gasteiger partial charge in [0.15, 0.2) is 0 Å². The molecule has 0 radical (unpaired) electrons. The van der Waals surface area contributed by atoms with Crippen LogP contribution in [0.1, 0.15) is 76.3 Å². The Labute approximate surface area is 255 Å². The third-order valence-electron chi connectivity index (χ3n) is 11.7. The highest BCUT2D eigenvalue weighted by Gasteiger charge is 2.60. The number of hydrogen-bond acceptors (Lipinski definition) is 5. The van der Waals surface area contributed by atoms with E-state index in [1.54, 1.807) is 0 Å². The maximum Gasteiger partial charge on any atom is 0.244 e. The molecule has 43 heavy (non-hydrogen) atoms. The van der Waals surface area contributed by atoms with Crippen molar-refractivity contribution in [1.82, 2.24) is 10.9 Å². The third-order valence-corrected chi connectivity index (χ3v) is 11.7. The van der Waals surface area contributed by atoms with E-state index >= 15 is 0 Å². The number of aliphatic hydroxyl groups is 1. The van der Waals surface area contributed by atoms with E-state index < -0.39 is 0 Å². The van der Waals surface area contributed by atoms with E-state index in [1.807, 2.05) is 66.9 Å². The molecule has 1 unspecified atom stereocenters. The fourth-order valence-electron chi connectivity index (χ4n) is 9.40. The summed E-state index contributed by atoms with van der Waals surface area (Å²) in [6, 6.07) is 19.4. The molecule has 7 heteroatoms. The number of hydrogen-bond donors (Lipinski definition) is 3. The van der Waals surface area contributed by atoms with Crippen molar-refractivity contribution in [2.24, 2.45) is 50.6 Å². The molecule has 0 aliphatic heterocycles. The predicted molar refractivity (Wildman–Crippen MR) is 169 cm³/mol. The van der Waals surface area contributed by atoms with Crippen molar-refractivity contribution in [2.75, 3.05) is 0 Å². The summed E-state index contributed by atoms with van der Waals surface area (Å²) >= 11 is 0. The lowest BCUT2D eigenvalue weighted by Crippen LogP contribution is -2.55. The Hall–Kier alpha value is -3.32. The standard InChI is InChI=1S/C36H46N4O3/c1-35-18-17-30-28(29(35)15-16-32(35)41)14-13-27-21-31(38-40-34(43)20-25-11-7-4-8-12-25)26(22-36(27,30)2)23-37-39-33(42)19-24-9-5-3-6-10-24/h3-12,23,26-30,32,41H,13-22H2,1-2H3,(H,39,42)(H,40,43)/t26?,27-,28-,29-,30-,32-,35-,36-/m0/s1. The number of rotatable bonds is 7. The van der Waals surface area contributed by atoms with Gasteiger partial charge in [-0.05, 0) is 97.0 Å². The van der Waals surface area contributed by atoms with E-state index in [0.717, 1.165) is 61.8 Å². The summed E-state index contributed by atoms with van der Waals surface area (Å²) in [5.74, 6) is 1.98. The summed E-state index contributed by atoms with van der Waals surface area (Å²) in [5.41, 5.74) is 8.60. The molecule has 4 saturated carbocycles. The number of carbonyl (C=O) groups is 2. The van der Waals surface area contributed by atoms with Crippen molar-refractivity contribution in [2.45, 2.75) is 84.2 Å². The number of carbonyl (C=O) groups excluding carboxylic acids is 2. The first-order chi connectivity index (χ1) is 20.8. The summed E-state index contributed by atoms with van der Waals surface area (Å²) < 4.78 is 0. The maximum absolute atomic E-state index is 12.8. The molecular formula is C36H46N4O3. The first-order valence-corrected chi connectivity index (χ1v) is 16.2. The van der Waals surface area contributed by atoms with Crippen molar-refractivity contribution in [3.63, 3.8) is 0 Å². The molecule has 0 bridgehead atoms.